The fourth-order valence-electron chi connectivity index (χ4n) is 1.99. The Bertz CT molecular complexity index is 643. The van der Waals surface area contributed by atoms with E-state index >= 15 is 0 Å². The number of benzene rings is 1. The van der Waals surface area contributed by atoms with E-state index in [4.69, 9.17) is 0 Å². The number of nitrogens with zero attached hydrogens (tertiary/aromatic N) is 1. The van der Waals surface area contributed by atoms with Crippen LogP contribution < -0.4 is 10.6 Å². The average Bonchev–Trinajstić information content (AvgIpc) is 2.48. The lowest BCUT2D eigenvalue weighted by Crippen LogP contribution is -2.24. The third-order valence-electron chi connectivity index (χ3n) is 3.18. The highest BCUT2D eigenvalue weighted by atomic mass is 19.1. The van der Waals surface area contributed by atoms with Gasteiger partial charge in [0, 0.05) is 19.3 Å². The summed E-state index contributed by atoms with van der Waals surface area (Å²) in [7, 11) is 0. The van der Waals surface area contributed by atoms with Gasteiger partial charge >= 0.3 is 0 Å². The van der Waals surface area contributed by atoms with Crippen LogP contribution in [0.25, 0.3) is 0 Å². The number of carbonyl (C=O) groups is 1. The second kappa shape index (κ2) is 6.83. The molecule has 0 unspecified atom stereocenters. The molecular weight excluding hydrogens is 269 g/mol. The molecule has 0 aliphatic carbocycles. The van der Waals surface area contributed by atoms with E-state index in [1.165, 1.54) is 12.3 Å². The van der Waals surface area contributed by atoms with Crippen LogP contribution in [0.4, 0.5) is 10.2 Å². The summed E-state index contributed by atoms with van der Waals surface area (Å²) in [5.41, 5.74) is 2.09. The predicted molar refractivity (Wildman–Crippen MR) is 80.7 cm³/mol. The number of pyridine rings is 1. The minimum atomic E-state index is -0.623. The smallest absolute Gasteiger partial charge is 0.254 e. The molecule has 1 heterocycles. The summed E-state index contributed by atoms with van der Waals surface area (Å²) in [5, 5.41) is 5.52. The molecule has 0 aliphatic heterocycles. The SMILES string of the molecule is CCNc1nccc(C(=O)NCc2ccccc2C)c1F. The van der Waals surface area contributed by atoms with Gasteiger partial charge in [0.2, 0.25) is 0 Å². The van der Waals surface area contributed by atoms with E-state index in [9.17, 15) is 9.18 Å². The Morgan fingerprint density at radius 3 is 2.76 bits per heavy atom. The Morgan fingerprint density at radius 1 is 1.29 bits per heavy atom. The maximum absolute atomic E-state index is 14.1. The van der Waals surface area contributed by atoms with Gasteiger partial charge in [0.25, 0.3) is 5.91 Å². The number of rotatable bonds is 5. The second-order valence-corrected chi connectivity index (χ2v) is 4.66. The van der Waals surface area contributed by atoms with Crippen LogP contribution in [0.15, 0.2) is 36.5 Å². The first-order valence-corrected chi connectivity index (χ1v) is 6.84. The molecule has 0 bridgehead atoms. The predicted octanol–water partition coefficient (Wildman–Crippen LogP) is 2.89. The van der Waals surface area contributed by atoms with Crippen molar-refractivity contribution in [3.05, 3.63) is 59.0 Å². The third-order valence-corrected chi connectivity index (χ3v) is 3.18. The van der Waals surface area contributed by atoms with Gasteiger partial charge in [-0.15, -0.1) is 0 Å². The van der Waals surface area contributed by atoms with Gasteiger partial charge < -0.3 is 10.6 Å². The number of amides is 1. The number of hydrogen-bond donors (Lipinski definition) is 2. The largest absolute Gasteiger partial charge is 0.368 e. The molecule has 0 atom stereocenters. The summed E-state index contributed by atoms with van der Waals surface area (Å²) in [6.45, 7) is 4.71. The summed E-state index contributed by atoms with van der Waals surface area (Å²) in [4.78, 5) is 16.0. The van der Waals surface area contributed by atoms with Gasteiger partial charge in [-0.3, -0.25) is 4.79 Å². The second-order valence-electron chi connectivity index (χ2n) is 4.66. The van der Waals surface area contributed by atoms with Crippen molar-refractivity contribution in [2.75, 3.05) is 11.9 Å². The number of nitrogens with one attached hydrogen (secondary N) is 2. The lowest BCUT2D eigenvalue weighted by molar-refractivity contribution is 0.0947. The van der Waals surface area contributed by atoms with Crippen LogP contribution in [-0.4, -0.2) is 17.4 Å². The molecule has 0 aliphatic rings. The summed E-state index contributed by atoms with van der Waals surface area (Å²) in [6, 6.07) is 9.13. The summed E-state index contributed by atoms with van der Waals surface area (Å²) in [6.07, 6.45) is 1.42. The molecule has 1 aromatic carbocycles. The molecule has 0 spiro atoms. The lowest BCUT2D eigenvalue weighted by Gasteiger charge is -2.10. The van der Waals surface area contributed by atoms with E-state index in [2.05, 4.69) is 15.6 Å². The maximum atomic E-state index is 14.1. The van der Waals surface area contributed by atoms with Crippen molar-refractivity contribution in [2.45, 2.75) is 20.4 Å². The van der Waals surface area contributed by atoms with Crippen LogP contribution >= 0.6 is 0 Å². The minimum absolute atomic E-state index is 0.00506. The number of aromatic nitrogens is 1. The number of anilines is 1. The quantitative estimate of drug-likeness (QED) is 0.889. The normalized spacial score (nSPS) is 10.2. The standard InChI is InChI=1S/C16H18FN3O/c1-3-18-15-14(17)13(8-9-19-15)16(21)20-10-12-7-5-4-6-11(12)2/h4-9H,3,10H2,1-2H3,(H,18,19)(H,20,21). The molecule has 4 nitrogen and oxygen atoms in total. The van der Waals surface area contributed by atoms with Crippen molar-refractivity contribution in [1.82, 2.24) is 10.3 Å². The van der Waals surface area contributed by atoms with E-state index in [0.717, 1.165) is 11.1 Å². The average molecular weight is 287 g/mol. The van der Waals surface area contributed by atoms with Crippen molar-refractivity contribution in [1.29, 1.82) is 0 Å². The topological polar surface area (TPSA) is 54.0 Å². The molecule has 1 amide bonds. The molecule has 2 rings (SSSR count). The molecule has 2 aromatic rings. The molecule has 1 aromatic heterocycles. The van der Waals surface area contributed by atoms with E-state index in [1.54, 1.807) is 0 Å². The van der Waals surface area contributed by atoms with E-state index in [1.807, 2.05) is 38.1 Å². The summed E-state index contributed by atoms with van der Waals surface area (Å²) >= 11 is 0. The summed E-state index contributed by atoms with van der Waals surface area (Å²) in [5.74, 6) is -0.972. The van der Waals surface area contributed by atoms with Gasteiger partial charge in [-0.05, 0) is 31.0 Å². The van der Waals surface area contributed by atoms with Crippen molar-refractivity contribution in [3.63, 3.8) is 0 Å². The molecule has 0 saturated heterocycles. The summed E-state index contributed by atoms with van der Waals surface area (Å²) < 4.78 is 14.1. The van der Waals surface area contributed by atoms with Crippen LogP contribution in [0.3, 0.4) is 0 Å². The Hall–Kier alpha value is -2.43. The molecule has 21 heavy (non-hydrogen) atoms. The number of hydrogen-bond acceptors (Lipinski definition) is 3. The zero-order chi connectivity index (χ0) is 15.2. The fraction of sp³-hybridized carbons (Fsp3) is 0.250. The Kier molecular flexibility index (Phi) is 4.87. The maximum Gasteiger partial charge on any atom is 0.254 e. The number of halogens is 1. The van der Waals surface area contributed by atoms with Gasteiger partial charge in [0.1, 0.15) is 0 Å². The van der Waals surface area contributed by atoms with Gasteiger partial charge in [0.15, 0.2) is 11.6 Å². The van der Waals surface area contributed by atoms with E-state index in [0.29, 0.717) is 13.1 Å². The minimum Gasteiger partial charge on any atom is -0.368 e. The Balaban J connectivity index is 2.11. The molecule has 0 saturated carbocycles. The Labute approximate surface area is 123 Å². The first-order valence-electron chi connectivity index (χ1n) is 6.84. The fourth-order valence-corrected chi connectivity index (χ4v) is 1.99. The molecule has 0 fully saturated rings. The third kappa shape index (κ3) is 3.56. The van der Waals surface area contributed by atoms with Crippen molar-refractivity contribution >= 4 is 11.7 Å². The lowest BCUT2D eigenvalue weighted by atomic mass is 10.1. The first-order chi connectivity index (χ1) is 10.1. The molecule has 0 radical (unpaired) electrons. The van der Waals surface area contributed by atoms with Crippen LogP contribution in [-0.2, 0) is 6.54 Å². The van der Waals surface area contributed by atoms with Crippen molar-refractivity contribution in [2.24, 2.45) is 0 Å². The first kappa shape index (κ1) is 15.0. The van der Waals surface area contributed by atoms with Crippen molar-refractivity contribution < 1.29 is 9.18 Å². The van der Waals surface area contributed by atoms with Crippen LogP contribution in [0.5, 0.6) is 0 Å². The molecule has 110 valence electrons. The Morgan fingerprint density at radius 2 is 2.05 bits per heavy atom. The molecule has 5 heteroatoms. The number of aryl methyl sites for hydroxylation is 1. The van der Waals surface area contributed by atoms with Crippen molar-refractivity contribution in [3.8, 4) is 0 Å². The number of carbonyl (C=O) groups excluding carboxylic acids is 1. The zero-order valence-corrected chi connectivity index (χ0v) is 12.1. The molecule has 2 N–H and O–H groups in total. The van der Waals surface area contributed by atoms with E-state index < -0.39 is 11.7 Å². The van der Waals surface area contributed by atoms with Gasteiger partial charge in [-0.1, -0.05) is 24.3 Å². The van der Waals surface area contributed by atoms with Crippen LogP contribution in [0.1, 0.15) is 28.4 Å². The highest BCUT2D eigenvalue weighted by Gasteiger charge is 2.15. The van der Waals surface area contributed by atoms with Crippen LogP contribution in [0, 0.1) is 12.7 Å². The highest BCUT2D eigenvalue weighted by Crippen LogP contribution is 2.15. The van der Waals surface area contributed by atoms with Crippen LogP contribution in [0.2, 0.25) is 0 Å². The van der Waals surface area contributed by atoms with E-state index in [-0.39, 0.29) is 11.4 Å². The highest BCUT2D eigenvalue weighted by molar-refractivity contribution is 5.95. The van der Waals surface area contributed by atoms with Gasteiger partial charge in [-0.2, -0.15) is 0 Å². The molecular formula is C16H18FN3O. The van der Waals surface area contributed by atoms with Gasteiger partial charge in [-0.25, -0.2) is 9.37 Å². The zero-order valence-electron chi connectivity index (χ0n) is 12.1. The monoisotopic (exact) mass is 287 g/mol. The van der Waals surface area contributed by atoms with Gasteiger partial charge in [0.05, 0.1) is 5.56 Å².